The molecule has 1 heterocycles. The highest BCUT2D eigenvalue weighted by Gasteiger charge is 2.07. The lowest BCUT2D eigenvalue weighted by Gasteiger charge is -2.01. The minimum atomic E-state index is -0.367. The van der Waals surface area contributed by atoms with Crippen molar-refractivity contribution in [2.45, 2.75) is 6.54 Å². The molecule has 94 valence electrons. The molecular weight excluding hydrogens is 240 g/mol. The Morgan fingerprint density at radius 2 is 1.74 bits per heavy atom. The van der Waals surface area contributed by atoms with Crippen molar-refractivity contribution in [2.24, 2.45) is 0 Å². The van der Waals surface area contributed by atoms with Crippen LogP contribution in [0.25, 0.3) is 10.8 Å². The smallest absolute Gasteiger partial charge is 0.270 e. The molecule has 0 fully saturated rings. The molecule has 2 aromatic carbocycles. The van der Waals surface area contributed by atoms with Gasteiger partial charge in [0.2, 0.25) is 0 Å². The molecule has 0 saturated carbocycles. The van der Waals surface area contributed by atoms with E-state index in [-0.39, 0.29) is 10.6 Å². The fraction of sp³-hybridized carbons (Fsp3) is 0.0667. The molecule has 0 saturated heterocycles. The molecule has 0 aliphatic carbocycles. The minimum Gasteiger partial charge on any atom is -0.349 e. The van der Waals surface area contributed by atoms with E-state index in [1.807, 2.05) is 35.2 Å². The van der Waals surface area contributed by atoms with Crippen molar-refractivity contribution in [3.05, 3.63) is 76.6 Å². The zero-order chi connectivity index (χ0) is 13.2. The quantitative estimate of drug-likeness (QED) is 0.528. The molecule has 0 aliphatic heterocycles. The first-order valence-electron chi connectivity index (χ1n) is 6.00. The van der Waals surface area contributed by atoms with Crippen LogP contribution < -0.4 is 0 Å². The first kappa shape index (κ1) is 11.5. The number of nitro groups is 1. The summed E-state index contributed by atoms with van der Waals surface area (Å²) >= 11 is 0. The molecule has 0 N–H and O–H groups in total. The zero-order valence-electron chi connectivity index (χ0n) is 10.2. The molecule has 0 atom stereocenters. The van der Waals surface area contributed by atoms with Gasteiger partial charge in [-0.3, -0.25) is 10.1 Å². The van der Waals surface area contributed by atoms with Gasteiger partial charge >= 0.3 is 0 Å². The highest BCUT2D eigenvalue weighted by atomic mass is 16.6. The van der Waals surface area contributed by atoms with Crippen molar-refractivity contribution >= 4 is 16.5 Å². The topological polar surface area (TPSA) is 48.1 Å². The molecule has 0 radical (unpaired) electrons. The molecule has 1 aromatic heterocycles. The predicted octanol–water partition coefficient (Wildman–Crippen LogP) is 3.60. The molecule has 0 spiro atoms. The highest BCUT2D eigenvalue weighted by molar-refractivity contribution is 5.84. The Morgan fingerprint density at radius 3 is 2.47 bits per heavy atom. The number of non-ortho nitro benzene ring substituents is 1. The third-order valence-electron chi connectivity index (χ3n) is 3.10. The number of nitrogens with zero attached hydrogens (tertiary/aromatic N) is 2. The largest absolute Gasteiger partial charge is 0.349 e. The second kappa shape index (κ2) is 4.57. The number of rotatable bonds is 3. The summed E-state index contributed by atoms with van der Waals surface area (Å²) in [5.74, 6) is 0. The molecule has 0 bridgehead atoms. The zero-order valence-corrected chi connectivity index (χ0v) is 10.2. The van der Waals surface area contributed by atoms with Gasteiger partial charge in [0.05, 0.1) is 4.92 Å². The summed E-state index contributed by atoms with van der Waals surface area (Å²) in [5, 5.41) is 12.7. The Bertz CT molecular complexity index is 732. The van der Waals surface area contributed by atoms with E-state index < -0.39 is 0 Å². The first-order valence-corrected chi connectivity index (χ1v) is 6.00. The Balaban J connectivity index is 1.95. The molecule has 4 heteroatoms. The van der Waals surface area contributed by atoms with Crippen LogP contribution in [0.2, 0.25) is 0 Å². The number of fused-ring (bicyclic) bond motifs is 1. The Kier molecular flexibility index (Phi) is 2.76. The third-order valence-corrected chi connectivity index (χ3v) is 3.10. The summed E-state index contributed by atoms with van der Waals surface area (Å²) in [6, 6.07) is 15.0. The van der Waals surface area contributed by atoms with E-state index in [9.17, 15) is 10.1 Å². The lowest BCUT2D eigenvalue weighted by molar-refractivity contribution is -0.384. The Hall–Kier alpha value is -2.62. The molecule has 3 rings (SSSR count). The maximum Gasteiger partial charge on any atom is 0.270 e. The maximum atomic E-state index is 10.7. The lowest BCUT2D eigenvalue weighted by Crippen LogP contribution is -1.94. The highest BCUT2D eigenvalue weighted by Crippen LogP contribution is 2.22. The Morgan fingerprint density at radius 1 is 1.00 bits per heavy atom. The first-order chi connectivity index (χ1) is 9.22. The molecule has 3 aromatic rings. The van der Waals surface area contributed by atoms with Crippen molar-refractivity contribution in [2.75, 3.05) is 0 Å². The van der Waals surface area contributed by atoms with Gasteiger partial charge in [0, 0.05) is 36.5 Å². The predicted molar refractivity (Wildman–Crippen MR) is 74.1 cm³/mol. The van der Waals surface area contributed by atoms with E-state index >= 15 is 0 Å². The molecule has 0 amide bonds. The van der Waals surface area contributed by atoms with Gasteiger partial charge in [-0.05, 0) is 17.0 Å². The van der Waals surface area contributed by atoms with Crippen LogP contribution in [0.5, 0.6) is 0 Å². The van der Waals surface area contributed by atoms with Crippen LogP contribution in [0.15, 0.2) is 60.9 Å². The van der Waals surface area contributed by atoms with Gasteiger partial charge in [-0.2, -0.15) is 0 Å². The molecule has 0 aliphatic rings. The van der Waals surface area contributed by atoms with Crippen LogP contribution >= 0.6 is 0 Å². The van der Waals surface area contributed by atoms with Crippen molar-refractivity contribution < 1.29 is 4.92 Å². The van der Waals surface area contributed by atoms with Gasteiger partial charge < -0.3 is 4.57 Å². The van der Waals surface area contributed by atoms with E-state index in [1.54, 1.807) is 12.1 Å². The van der Waals surface area contributed by atoms with Crippen molar-refractivity contribution in [3.8, 4) is 0 Å². The van der Waals surface area contributed by atoms with Crippen molar-refractivity contribution in [3.63, 3.8) is 0 Å². The van der Waals surface area contributed by atoms with E-state index in [0.29, 0.717) is 0 Å². The van der Waals surface area contributed by atoms with Crippen LogP contribution in [-0.4, -0.2) is 9.49 Å². The molecule has 4 nitrogen and oxygen atoms in total. The maximum absolute atomic E-state index is 10.7. The van der Waals surface area contributed by atoms with Gasteiger partial charge in [-0.25, -0.2) is 0 Å². The summed E-state index contributed by atoms with van der Waals surface area (Å²) in [4.78, 5) is 10.4. The summed E-state index contributed by atoms with van der Waals surface area (Å²) in [5.41, 5.74) is 1.34. The average molecular weight is 252 g/mol. The second-order valence-corrected chi connectivity index (χ2v) is 4.49. The second-order valence-electron chi connectivity index (χ2n) is 4.49. The number of benzene rings is 2. The van der Waals surface area contributed by atoms with E-state index in [4.69, 9.17) is 0 Å². The van der Waals surface area contributed by atoms with Crippen molar-refractivity contribution in [1.29, 1.82) is 0 Å². The fourth-order valence-corrected chi connectivity index (χ4v) is 2.19. The van der Waals surface area contributed by atoms with Crippen LogP contribution in [0.3, 0.4) is 0 Å². The third kappa shape index (κ3) is 2.33. The normalized spacial score (nSPS) is 10.7. The number of hydrogen-bond acceptors (Lipinski definition) is 2. The summed E-state index contributed by atoms with van der Waals surface area (Å²) in [7, 11) is 0. The lowest BCUT2D eigenvalue weighted by atomic mass is 10.2. The van der Waals surface area contributed by atoms with Gasteiger partial charge in [-0.15, -0.1) is 0 Å². The monoisotopic (exact) mass is 252 g/mol. The fourth-order valence-electron chi connectivity index (χ4n) is 2.19. The van der Waals surface area contributed by atoms with Crippen LogP contribution in [0.1, 0.15) is 5.56 Å². The summed E-state index contributed by atoms with van der Waals surface area (Å²) < 4.78 is 2.05. The summed E-state index contributed by atoms with van der Waals surface area (Å²) in [6.45, 7) is 0.767. The summed E-state index contributed by atoms with van der Waals surface area (Å²) in [6.07, 6.45) is 3.95. The molecular formula is C15H12N2O2. The minimum absolute atomic E-state index is 0.130. The van der Waals surface area contributed by atoms with E-state index in [1.165, 1.54) is 11.6 Å². The standard InChI is InChI=1S/C15H12N2O2/c18-17(19)15-7-6-13-10-16(11-14(13)8-15)9-12-4-2-1-3-5-12/h1-8,10-11H,9H2. The van der Waals surface area contributed by atoms with Gasteiger partial charge in [0.15, 0.2) is 0 Å². The molecule has 0 unspecified atom stereocenters. The van der Waals surface area contributed by atoms with Gasteiger partial charge in [-0.1, -0.05) is 30.3 Å². The van der Waals surface area contributed by atoms with E-state index in [2.05, 4.69) is 12.1 Å². The number of hydrogen-bond donors (Lipinski definition) is 0. The van der Waals surface area contributed by atoms with Crippen LogP contribution in [0, 0.1) is 10.1 Å². The number of aromatic nitrogens is 1. The van der Waals surface area contributed by atoms with E-state index in [0.717, 1.165) is 17.3 Å². The average Bonchev–Trinajstić information content (AvgIpc) is 2.80. The van der Waals surface area contributed by atoms with Crippen molar-refractivity contribution in [1.82, 2.24) is 4.57 Å². The Labute approximate surface area is 110 Å². The van der Waals surface area contributed by atoms with Crippen LogP contribution in [-0.2, 0) is 6.54 Å². The van der Waals surface area contributed by atoms with Gasteiger partial charge in [0.25, 0.3) is 5.69 Å². The number of nitro benzene ring substituents is 1. The van der Waals surface area contributed by atoms with Crippen LogP contribution in [0.4, 0.5) is 5.69 Å². The SMILES string of the molecule is O=[N+]([O-])c1ccc2cn(Cc3ccccc3)cc2c1. The molecule has 19 heavy (non-hydrogen) atoms. The van der Waals surface area contributed by atoms with Gasteiger partial charge in [0.1, 0.15) is 0 Å².